The van der Waals surface area contributed by atoms with Crippen molar-refractivity contribution in [1.29, 1.82) is 0 Å². The Morgan fingerprint density at radius 2 is 2.28 bits per heavy atom. The van der Waals surface area contributed by atoms with E-state index < -0.39 is 16.7 Å². The summed E-state index contributed by atoms with van der Waals surface area (Å²) < 4.78 is 18.1. The van der Waals surface area contributed by atoms with Crippen molar-refractivity contribution in [2.75, 3.05) is 12.4 Å². The summed E-state index contributed by atoms with van der Waals surface area (Å²) in [4.78, 5) is 21.1. The molecule has 0 unspecified atom stereocenters. The molecule has 0 aliphatic heterocycles. The molecule has 0 aliphatic carbocycles. The summed E-state index contributed by atoms with van der Waals surface area (Å²) in [6.45, 7) is 1.96. The van der Waals surface area contributed by atoms with E-state index in [9.17, 15) is 19.3 Å². The highest BCUT2D eigenvalue weighted by molar-refractivity contribution is 7.99. The second kappa shape index (κ2) is 6.95. The van der Waals surface area contributed by atoms with Crippen molar-refractivity contribution in [2.45, 2.75) is 12.7 Å². The maximum absolute atomic E-state index is 13.4. The van der Waals surface area contributed by atoms with Gasteiger partial charge in [-0.15, -0.1) is 11.8 Å². The second-order valence-corrected chi connectivity index (χ2v) is 4.28. The average molecular weight is 273 g/mol. The average Bonchev–Trinajstić information content (AvgIpc) is 2.31. The summed E-state index contributed by atoms with van der Waals surface area (Å²) in [5, 5.41) is 10.7. The van der Waals surface area contributed by atoms with Crippen molar-refractivity contribution in [3.05, 3.63) is 39.7 Å². The normalized spacial score (nSPS) is 10.1. The molecule has 98 valence electrons. The molecule has 1 aromatic carbocycles. The van der Waals surface area contributed by atoms with Crippen LogP contribution in [0.5, 0.6) is 0 Å². The Morgan fingerprint density at radius 1 is 1.56 bits per heavy atom. The van der Waals surface area contributed by atoms with E-state index in [4.69, 9.17) is 4.74 Å². The number of rotatable bonds is 6. The Kier molecular flexibility index (Phi) is 5.57. The Hall–Kier alpha value is -1.63. The highest BCUT2D eigenvalue weighted by Crippen LogP contribution is 2.25. The molecular weight excluding hydrogens is 261 g/mol. The molecule has 0 saturated heterocycles. The van der Waals surface area contributed by atoms with Gasteiger partial charge < -0.3 is 4.74 Å². The molecule has 0 bridgehead atoms. The monoisotopic (exact) mass is 273 g/mol. The number of ether oxygens (including phenoxy) is 1. The Morgan fingerprint density at radius 3 is 2.89 bits per heavy atom. The van der Waals surface area contributed by atoms with Gasteiger partial charge in [0.05, 0.1) is 22.8 Å². The van der Waals surface area contributed by atoms with Crippen LogP contribution in [0.2, 0.25) is 0 Å². The number of halogens is 1. The van der Waals surface area contributed by atoms with Gasteiger partial charge in [0.2, 0.25) is 0 Å². The van der Waals surface area contributed by atoms with Crippen LogP contribution in [0, 0.1) is 15.9 Å². The summed E-state index contributed by atoms with van der Waals surface area (Å²) in [5.74, 6) is -0.955. The van der Waals surface area contributed by atoms with Crippen LogP contribution in [-0.2, 0) is 15.3 Å². The SMILES string of the molecule is CCOC(=O)CSCc1c(F)cccc1[N+](=O)[O-]. The third kappa shape index (κ3) is 3.99. The Bertz CT molecular complexity index is 453. The summed E-state index contributed by atoms with van der Waals surface area (Å²) in [7, 11) is 0. The van der Waals surface area contributed by atoms with Crippen LogP contribution in [0.4, 0.5) is 10.1 Å². The van der Waals surface area contributed by atoms with Crippen molar-refractivity contribution in [2.24, 2.45) is 0 Å². The second-order valence-electron chi connectivity index (χ2n) is 3.29. The fourth-order valence-electron chi connectivity index (χ4n) is 1.30. The van der Waals surface area contributed by atoms with E-state index >= 15 is 0 Å². The Balaban J connectivity index is 2.67. The van der Waals surface area contributed by atoms with Crippen molar-refractivity contribution in [3.63, 3.8) is 0 Å². The third-order valence-electron chi connectivity index (χ3n) is 2.06. The molecule has 0 radical (unpaired) electrons. The minimum atomic E-state index is -0.638. The molecule has 0 aromatic heterocycles. The van der Waals surface area contributed by atoms with Gasteiger partial charge in [0.25, 0.3) is 5.69 Å². The van der Waals surface area contributed by atoms with E-state index in [1.165, 1.54) is 12.1 Å². The number of hydrogen-bond acceptors (Lipinski definition) is 5. The largest absolute Gasteiger partial charge is 0.465 e. The maximum Gasteiger partial charge on any atom is 0.315 e. The molecule has 0 fully saturated rings. The van der Waals surface area contributed by atoms with E-state index in [0.717, 1.165) is 17.8 Å². The van der Waals surface area contributed by atoms with E-state index in [1.54, 1.807) is 6.92 Å². The number of benzene rings is 1. The van der Waals surface area contributed by atoms with Crippen LogP contribution in [0.1, 0.15) is 12.5 Å². The Labute approximate surface area is 107 Å². The predicted octanol–water partition coefficient (Wildman–Crippen LogP) is 2.53. The molecule has 0 atom stereocenters. The first-order chi connectivity index (χ1) is 8.56. The lowest BCUT2D eigenvalue weighted by atomic mass is 10.2. The van der Waals surface area contributed by atoms with Gasteiger partial charge in [0, 0.05) is 11.8 Å². The number of carbonyl (C=O) groups is 1. The van der Waals surface area contributed by atoms with E-state index in [2.05, 4.69) is 0 Å². The van der Waals surface area contributed by atoms with Crippen LogP contribution in [-0.4, -0.2) is 23.3 Å². The van der Waals surface area contributed by atoms with Crippen molar-refractivity contribution in [3.8, 4) is 0 Å². The van der Waals surface area contributed by atoms with Gasteiger partial charge in [-0.05, 0) is 13.0 Å². The van der Waals surface area contributed by atoms with Crippen molar-refractivity contribution >= 4 is 23.4 Å². The molecule has 0 heterocycles. The summed E-state index contributed by atoms with van der Waals surface area (Å²) in [5.41, 5.74) is -0.275. The predicted molar refractivity (Wildman–Crippen MR) is 65.8 cm³/mol. The van der Waals surface area contributed by atoms with E-state index in [1.807, 2.05) is 0 Å². The lowest BCUT2D eigenvalue weighted by Crippen LogP contribution is -2.07. The number of esters is 1. The zero-order valence-corrected chi connectivity index (χ0v) is 10.5. The van der Waals surface area contributed by atoms with Gasteiger partial charge in [-0.3, -0.25) is 14.9 Å². The summed E-state index contributed by atoms with van der Waals surface area (Å²) in [6.07, 6.45) is 0. The molecule has 1 aromatic rings. The van der Waals surface area contributed by atoms with Crippen LogP contribution in [0.15, 0.2) is 18.2 Å². The van der Waals surface area contributed by atoms with Gasteiger partial charge >= 0.3 is 5.97 Å². The molecule has 5 nitrogen and oxygen atoms in total. The zero-order chi connectivity index (χ0) is 13.5. The van der Waals surface area contributed by atoms with Crippen LogP contribution >= 0.6 is 11.8 Å². The molecule has 18 heavy (non-hydrogen) atoms. The number of hydrogen-bond donors (Lipinski definition) is 0. The molecule has 0 saturated carbocycles. The lowest BCUT2D eigenvalue weighted by molar-refractivity contribution is -0.385. The number of carbonyl (C=O) groups excluding carboxylic acids is 1. The minimum Gasteiger partial charge on any atom is -0.465 e. The van der Waals surface area contributed by atoms with E-state index in [-0.39, 0.29) is 29.4 Å². The van der Waals surface area contributed by atoms with Crippen molar-refractivity contribution < 1.29 is 18.8 Å². The quantitative estimate of drug-likeness (QED) is 0.452. The first-order valence-electron chi connectivity index (χ1n) is 5.21. The van der Waals surface area contributed by atoms with E-state index in [0.29, 0.717) is 0 Å². The maximum atomic E-state index is 13.4. The molecule has 0 N–H and O–H groups in total. The van der Waals surface area contributed by atoms with Crippen LogP contribution < -0.4 is 0 Å². The summed E-state index contributed by atoms with van der Waals surface area (Å²) in [6, 6.07) is 3.68. The highest BCUT2D eigenvalue weighted by atomic mass is 32.2. The van der Waals surface area contributed by atoms with Crippen LogP contribution in [0.3, 0.4) is 0 Å². The molecule has 0 aliphatic rings. The van der Waals surface area contributed by atoms with Gasteiger partial charge in [0.15, 0.2) is 0 Å². The molecule has 0 amide bonds. The highest BCUT2D eigenvalue weighted by Gasteiger charge is 2.17. The van der Waals surface area contributed by atoms with Gasteiger partial charge in [-0.1, -0.05) is 6.07 Å². The summed E-state index contributed by atoms with van der Waals surface area (Å²) >= 11 is 1.08. The van der Waals surface area contributed by atoms with Crippen molar-refractivity contribution in [1.82, 2.24) is 0 Å². The molecule has 7 heteroatoms. The molecule has 1 rings (SSSR count). The number of nitro benzene ring substituents is 1. The zero-order valence-electron chi connectivity index (χ0n) is 9.72. The van der Waals surface area contributed by atoms with Gasteiger partial charge in [-0.25, -0.2) is 4.39 Å². The number of thioether (sulfide) groups is 1. The first kappa shape index (κ1) is 14.4. The topological polar surface area (TPSA) is 69.4 Å². The lowest BCUT2D eigenvalue weighted by Gasteiger charge is -2.04. The van der Waals surface area contributed by atoms with Crippen LogP contribution in [0.25, 0.3) is 0 Å². The number of nitrogens with zero attached hydrogens (tertiary/aromatic N) is 1. The molecular formula is C11H12FNO4S. The minimum absolute atomic E-state index is 0.00296. The first-order valence-corrected chi connectivity index (χ1v) is 6.36. The van der Waals surface area contributed by atoms with Gasteiger partial charge in [-0.2, -0.15) is 0 Å². The third-order valence-corrected chi connectivity index (χ3v) is 3.00. The fourth-order valence-corrected chi connectivity index (χ4v) is 2.14. The fraction of sp³-hybridized carbons (Fsp3) is 0.364. The standard InChI is InChI=1S/C11H12FNO4S/c1-2-17-11(14)7-18-6-8-9(12)4-3-5-10(8)13(15)16/h3-5H,2,6-7H2,1H3. The van der Waals surface area contributed by atoms with Gasteiger partial charge in [0.1, 0.15) is 5.82 Å². The number of nitro groups is 1. The molecule has 0 spiro atoms. The smallest absolute Gasteiger partial charge is 0.315 e.